The third kappa shape index (κ3) is 2.51. The van der Waals surface area contributed by atoms with E-state index in [4.69, 9.17) is 16.3 Å². The van der Waals surface area contributed by atoms with Crippen LogP contribution in [0.25, 0.3) is 0 Å². The van der Waals surface area contributed by atoms with Crippen molar-refractivity contribution in [3.63, 3.8) is 0 Å². The third-order valence-electron chi connectivity index (χ3n) is 2.49. The van der Waals surface area contributed by atoms with E-state index in [-0.39, 0.29) is 11.3 Å². The molecule has 4 heteroatoms. The first kappa shape index (κ1) is 12.6. The molecule has 0 spiro atoms. The maximum absolute atomic E-state index is 13.4. The molecule has 2 aromatic carbocycles. The number of carbonyl (C=O) groups is 1. The van der Waals surface area contributed by atoms with Crippen LogP contribution in [0.1, 0.15) is 15.9 Å². The van der Waals surface area contributed by atoms with Gasteiger partial charge in [0.25, 0.3) is 0 Å². The van der Waals surface area contributed by atoms with Crippen molar-refractivity contribution in [3.8, 4) is 11.5 Å². The Balaban J connectivity index is 2.36. The third-order valence-corrected chi connectivity index (χ3v) is 2.91. The quantitative estimate of drug-likeness (QED) is 0.769. The molecule has 0 saturated heterocycles. The van der Waals surface area contributed by atoms with E-state index in [0.29, 0.717) is 17.1 Å². The van der Waals surface area contributed by atoms with Crippen LogP contribution < -0.4 is 4.74 Å². The summed E-state index contributed by atoms with van der Waals surface area (Å²) in [7, 11) is 0. The molecule has 92 valence electrons. The fraction of sp³-hybridized carbons (Fsp3) is 0.0714. The second-order valence-corrected chi connectivity index (χ2v) is 4.19. The lowest BCUT2D eigenvalue weighted by Gasteiger charge is -2.09. The van der Waals surface area contributed by atoms with Gasteiger partial charge in [-0.2, -0.15) is 0 Å². The van der Waals surface area contributed by atoms with E-state index in [0.717, 1.165) is 5.56 Å². The van der Waals surface area contributed by atoms with E-state index < -0.39 is 5.82 Å². The lowest BCUT2D eigenvalue weighted by Crippen LogP contribution is -1.94. The average Bonchev–Trinajstić information content (AvgIpc) is 2.34. The number of ether oxygens (including phenoxy) is 1. The molecule has 0 N–H and O–H groups in total. The standard InChI is InChI=1S/C14H10ClFO2/c1-9-7-10(5-6-12(9)15)18-14-4-2-3-13(16)11(14)8-17/h2-8H,1H3. The molecule has 0 aliphatic carbocycles. The molecular formula is C14H10ClFO2. The van der Waals surface area contributed by atoms with Gasteiger partial charge in [-0.25, -0.2) is 4.39 Å². The minimum absolute atomic E-state index is 0.0925. The highest BCUT2D eigenvalue weighted by Crippen LogP contribution is 2.28. The van der Waals surface area contributed by atoms with Gasteiger partial charge < -0.3 is 4.74 Å². The molecular weight excluding hydrogens is 255 g/mol. The monoisotopic (exact) mass is 264 g/mol. The van der Waals surface area contributed by atoms with Crippen molar-refractivity contribution in [3.05, 3.63) is 58.4 Å². The minimum Gasteiger partial charge on any atom is -0.457 e. The summed E-state index contributed by atoms with van der Waals surface area (Å²) in [5.74, 6) is 0.0884. The van der Waals surface area contributed by atoms with Gasteiger partial charge in [-0.3, -0.25) is 4.79 Å². The predicted molar refractivity (Wildman–Crippen MR) is 68.1 cm³/mol. The van der Waals surface area contributed by atoms with Crippen molar-refractivity contribution in [1.29, 1.82) is 0 Å². The molecule has 0 saturated carbocycles. The van der Waals surface area contributed by atoms with Gasteiger partial charge in [-0.1, -0.05) is 17.7 Å². The van der Waals surface area contributed by atoms with Gasteiger partial charge >= 0.3 is 0 Å². The normalized spacial score (nSPS) is 10.2. The first-order valence-electron chi connectivity index (χ1n) is 5.29. The Morgan fingerprint density at radius 1 is 1.28 bits per heavy atom. The van der Waals surface area contributed by atoms with Crippen LogP contribution in [-0.2, 0) is 0 Å². The van der Waals surface area contributed by atoms with Crippen molar-refractivity contribution in [2.75, 3.05) is 0 Å². The number of hydrogen-bond donors (Lipinski definition) is 0. The number of hydrogen-bond acceptors (Lipinski definition) is 2. The number of benzene rings is 2. The fourth-order valence-electron chi connectivity index (χ4n) is 1.53. The van der Waals surface area contributed by atoms with E-state index in [1.807, 2.05) is 6.92 Å². The molecule has 0 unspecified atom stereocenters. The van der Waals surface area contributed by atoms with Gasteiger partial charge in [0.1, 0.15) is 17.3 Å². The summed E-state index contributed by atoms with van der Waals surface area (Å²) < 4.78 is 18.9. The molecule has 2 nitrogen and oxygen atoms in total. The zero-order valence-electron chi connectivity index (χ0n) is 9.61. The number of rotatable bonds is 3. The van der Waals surface area contributed by atoms with Gasteiger partial charge in [0.05, 0.1) is 5.56 Å². The highest BCUT2D eigenvalue weighted by molar-refractivity contribution is 6.31. The van der Waals surface area contributed by atoms with Gasteiger partial charge in [0.2, 0.25) is 0 Å². The summed E-state index contributed by atoms with van der Waals surface area (Å²) in [4.78, 5) is 10.8. The molecule has 0 aliphatic rings. The fourth-order valence-corrected chi connectivity index (χ4v) is 1.65. The molecule has 0 aromatic heterocycles. The maximum Gasteiger partial charge on any atom is 0.156 e. The van der Waals surface area contributed by atoms with Crippen LogP contribution in [0.5, 0.6) is 11.5 Å². The van der Waals surface area contributed by atoms with E-state index >= 15 is 0 Å². The second kappa shape index (κ2) is 5.19. The maximum atomic E-state index is 13.4. The molecule has 0 amide bonds. The van der Waals surface area contributed by atoms with Crippen LogP contribution in [0.4, 0.5) is 4.39 Å². The highest BCUT2D eigenvalue weighted by atomic mass is 35.5. The summed E-state index contributed by atoms with van der Waals surface area (Å²) in [6.45, 7) is 1.83. The largest absolute Gasteiger partial charge is 0.457 e. The Bertz CT molecular complexity index is 596. The lowest BCUT2D eigenvalue weighted by molar-refractivity contribution is 0.111. The topological polar surface area (TPSA) is 26.3 Å². The Morgan fingerprint density at radius 2 is 2.06 bits per heavy atom. The van der Waals surface area contributed by atoms with E-state index in [9.17, 15) is 9.18 Å². The minimum atomic E-state index is -0.604. The first-order chi connectivity index (χ1) is 8.61. The van der Waals surface area contributed by atoms with Crippen LogP contribution in [0.2, 0.25) is 5.02 Å². The van der Waals surface area contributed by atoms with Crippen LogP contribution in [0.15, 0.2) is 36.4 Å². The SMILES string of the molecule is Cc1cc(Oc2cccc(F)c2C=O)ccc1Cl. The van der Waals surface area contributed by atoms with Crippen molar-refractivity contribution in [2.45, 2.75) is 6.92 Å². The molecule has 0 atom stereocenters. The summed E-state index contributed by atoms with van der Waals surface area (Å²) in [5, 5.41) is 0.622. The molecule has 2 aromatic rings. The van der Waals surface area contributed by atoms with Crippen molar-refractivity contribution < 1.29 is 13.9 Å². The Labute approximate surface area is 109 Å². The van der Waals surface area contributed by atoms with Gasteiger partial charge in [-0.05, 0) is 42.8 Å². The predicted octanol–water partition coefficient (Wildman–Crippen LogP) is 4.39. The van der Waals surface area contributed by atoms with Crippen molar-refractivity contribution >= 4 is 17.9 Å². The molecule has 0 fully saturated rings. The summed E-state index contributed by atoms with van der Waals surface area (Å²) in [6, 6.07) is 9.31. The van der Waals surface area contributed by atoms with Crippen molar-refractivity contribution in [1.82, 2.24) is 0 Å². The van der Waals surface area contributed by atoms with Gasteiger partial charge in [-0.15, -0.1) is 0 Å². The summed E-state index contributed by atoms with van der Waals surface area (Å²) in [6.07, 6.45) is 0.438. The van der Waals surface area contributed by atoms with E-state index in [2.05, 4.69) is 0 Å². The van der Waals surface area contributed by atoms with Crippen molar-refractivity contribution in [2.24, 2.45) is 0 Å². The summed E-state index contributed by atoms with van der Waals surface area (Å²) >= 11 is 5.90. The highest BCUT2D eigenvalue weighted by Gasteiger charge is 2.09. The van der Waals surface area contributed by atoms with Crippen LogP contribution in [0.3, 0.4) is 0 Å². The molecule has 0 aliphatic heterocycles. The Morgan fingerprint density at radius 3 is 2.72 bits per heavy atom. The number of carbonyl (C=O) groups excluding carboxylic acids is 1. The lowest BCUT2D eigenvalue weighted by atomic mass is 10.2. The second-order valence-electron chi connectivity index (χ2n) is 3.78. The van der Waals surface area contributed by atoms with Gasteiger partial charge in [0.15, 0.2) is 6.29 Å². The summed E-state index contributed by atoms with van der Waals surface area (Å²) in [5.41, 5.74) is 0.753. The van der Waals surface area contributed by atoms with Crippen LogP contribution >= 0.6 is 11.6 Å². The molecule has 0 heterocycles. The van der Waals surface area contributed by atoms with Crippen LogP contribution in [0, 0.1) is 12.7 Å². The van der Waals surface area contributed by atoms with E-state index in [1.54, 1.807) is 18.2 Å². The Hall–Kier alpha value is -1.87. The average molecular weight is 265 g/mol. The smallest absolute Gasteiger partial charge is 0.156 e. The van der Waals surface area contributed by atoms with Crippen LogP contribution in [-0.4, -0.2) is 6.29 Å². The molecule has 0 radical (unpaired) electrons. The first-order valence-corrected chi connectivity index (χ1v) is 5.67. The zero-order valence-corrected chi connectivity index (χ0v) is 10.4. The van der Waals surface area contributed by atoms with E-state index in [1.165, 1.54) is 18.2 Å². The molecule has 18 heavy (non-hydrogen) atoms. The molecule has 2 rings (SSSR count). The number of halogens is 2. The number of aldehydes is 1. The molecule has 0 bridgehead atoms. The Kier molecular flexibility index (Phi) is 3.63. The zero-order chi connectivity index (χ0) is 13.1. The van der Waals surface area contributed by atoms with Gasteiger partial charge in [0, 0.05) is 5.02 Å². The number of aryl methyl sites for hydroxylation is 1.